The number of carboxylic acids is 1. The number of hydrogen-bond donors (Lipinski definition) is 2. The van der Waals surface area contributed by atoms with E-state index in [1.54, 1.807) is 30.3 Å². The van der Waals surface area contributed by atoms with Crippen LogP contribution in [0.15, 0.2) is 30.3 Å². The van der Waals surface area contributed by atoms with E-state index in [4.69, 9.17) is 10.2 Å². The lowest BCUT2D eigenvalue weighted by atomic mass is 10.2. The molecule has 3 nitrogen and oxygen atoms in total. The molecular formula is C10H9F5O3. The Morgan fingerprint density at radius 3 is 1.67 bits per heavy atom. The van der Waals surface area contributed by atoms with Gasteiger partial charge in [0, 0.05) is 0 Å². The summed E-state index contributed by atoms with van der Waals surface area (Å²) in [4.78, 5) is 10.2. The van der Waals surface area contributed by atoms with Gasteiger partial charge in [-0.05, 0) is 12.1 Å². The van der Waals surface area contributed by atoms with Crippen LogP contribution in [-0.4, -0.2) is 34.9 Å². The number of aliphatic hydroxyl groups excluding tert-OH is 1. The van der Waals surface area contributed by atoms with Crippen LogP contribution in [0.2, 0.25) is 0 Å². The lowest BCUT2D eigenvalue weighted by Crippen LogP contribution is -2.39. The molecule has 0 fully saturated rings. The Bertz CT molecular complexity index is 375. The number of halogens is 5. The fraction of sp³-hybridized carbons (Fsp3) is 0.300. The molecule has 0 unspecified atom stereocenters. The lowest BCUT2D eigenvalue weighted by Gasteiger charge is -2.15. The Balaban J connectivity index is 0.000000321. The summed E-state index contributed by atoms with van der Waals surface area (Å²) in [7, 11) is 0. The summed E-state index contributed by atoms with van der Waals surface area (Å²) in [5.41, 5.74) is 0.331. The fourth-order valence-corrected chi connectivity index (χ4v) is 0.670. The van der Waals surface area contributed by atoms with Crippen LogP contribution in [0, 0.1) is 0 Å². The van der Waals surface area contributed by atoms with Gasteiger partial charge in [-0.1, -0.05) is 18.2 Å². The summed E-state index contributed by atoms with van der Waals surface area (Å²) < 4.78 is 55.3. The largest absolute Gasteiger partial charge is 0.478 e. The highest BCUT2D eigenvalue weighted by Crippen LogP contribution is 2.34. The third kappa shape index (κ3) is 5.09. The minimum atomic E-state index is -5.64. The number of hydrogen-bond acceptors (Lipinski definition) is 2. The van der Waals surface area contributed by atoms with Crippen molar-refractivity contribution < 1.29 is 37.0 Å². The molecule has 18 heavy (non-hydrogen) atoms. The van der Waals surface area contributed by atoms with Crippen molar-refractivity contribution in [2.24, 2.45) is 0 Å². The summed E-state index contributed by atoms with van der Waals surface area (Å²) in [5.74, 6) is -5.84. The second-order valence-electron chi connectivity index (χ2n) is 3.03. The van der Waals surface area contributed by atoms with Gasteiger partial charge in [-0.2, -0.15) is 22.0 Å². The molecule has 0 radical (unpaired) electrons. The maximum atomic E-state index is 11.3. The van der Waals surface area contributed by atoms with Gasteiger partial charge in [0.1, 0.15) is 6.61 Å². The zero-order chi connectivity index (χ0) is 14.4. The maximum Gasteiger partial charge on any atom is 0.455 e. The first-order chi connectivity index (χ1) is 8.12. The summed E-state index contributed by atoms with van der Waals surface area (Å²) in [5, 5.41) is 15.8. The Hall–Kier alpha value is -1.70. The first-order valence-corrected chi connectivity index (χ1v) is 4.45. The van der Waals surface area contributed by atoms with Gasteiger partial charge in [0.05, 0.1) is 5.56 Å². The van der Waals surface area contributed by atoms with E-state index in [0.717, 1.165) is 0 Å². The molecule has 0 heterocycles. The van der Waals surface area contributed by atoms with E-state index < -0.39 is 24.7 Å². The molecule has 0 aromatic heterocycles. The molecular weight excluding hydrogens is 263 g/mol. The first kappa shape index (κ1) is 16.3. The van der Waals surface area contributed by atoms with Gasteiger partial charge in [0.2, 0.25) is 0 Å². The van der Waals surface area contributed by atoms with Gasteiger partial charge in [0.15, 0.2) is 0 Å². The van der Waals surface area contributed by atoms with E-state index in [-0.39, 0.29) is 0 Å². The molecule has 0 aliphatic rings. The van der Waals surface area contributed by atoms with E-state index in [9.17, 15) is 26.7 Å². The van der Waals surface area contributed by atoms with Crippen LogP contribution in [-0.2, 0) is 0 Å². The Morgan fingerprint density at radius 1 is 1.06 bits per heavy atom. The zero-order valence-corrected chi connectivity index (χ0v) is 8.79. The SMILES string of the molecule is O=C(O)c1ccccc1.OCC(F)(F)C(F)(F)F. The molecule has 0 aliphatic heterocycles. The predicted octanol–water partition coefficient (Wildman–Crippen LogP) is 2.56. The fourth-order valence-electron chi connectivity index (χ4n) is 0.670. The van der Waals surface area contributed by atoms with Crippen molar-refractivity contribution in [3.05, 3.63) is 35.9 Å². The highest BCUT2D eigenvalue weighted by atomic mass is 19.4. The molecule has 0 atom stereocenters. The number of carbonyl (C=O) groups is 1. The van der Waals surface area contributed by atoms with Gasteiger partial charge in [0.25, 0.3) is 0 Å². The third-order valence-corrected chi connectivity index (χ3v) is 1.63. The van der Waals surface area contributed by atoms with Gasteiger partial charge < -0.3 is 10.2 Å². The normalized spacial score (nSPS) is 11.4. The number of aliphatic hydroxyl groups is 1. The lowest BCUT2D eigenvalue weighted by molar-refractivity contribution is -0.292. The van der Waals surface area contributed by atoms with Crippen LogP contribution in [0.25, 0.3) is 0 Å². The Kier molecular flexibility index (Phi) is 5.70. The van der Waals surface area contributed by atoms with E-state index >= 15 is 0 Å². The van der Waals surface area contributed by atoms with Gasteiger partial charge in [-0.15, -0.1) is 0 Å². The molecule has 102 valence electrons. The van der Waals surface area contributed by atoms with Crippen molar-refractivity contribution in [3.8, 4) is 0 Å². The number of carboxylic acid groups (broad SMARTS) is 1. The van der Waals surface area contributed by atoms with Crippen molar-refractivity contribution in [2.45, 2.75) is 12.1 Å². The summed E-state index contributed by atoms with van der Waals surface area (Å²) in [6.45, 7) is -2.20. The molecule has 0 bridgehead atoms. The molecule has 1 rings (SSSR count). The van der Waals surface area contributed by atoms with Crippen LogP contribution in [0.4, 0.5) is 22.0 Å². The number of benzene rings is 1. The maximum absolute atomic E-state index is 11.3. The molecule has 0 saturated heterocycles. The Morgan fingerprint density at radius 2 is 1.50 bits per heavy atom. The van der Waals surface area contributed by atoms with E-state index in [1.807, 2.05) is 0 Å². The van der Waals surface area contributed by atoms with Crippen LogP contribution < -0.4 is 0 Å². The molecule has 2 N–H and O–H groups in total. The predicted molar refractivity (Wildman–Crippen MR) is 51.5 cm³/mol. The molecule has 8 heteroatoms. The average molecular weight is 272 g/mol. The first-order valence-electron chi connectivity index (χ1n) is 4.45. The monoisotopic (exact) mass is 272 g/mol. The van der Waals surface area contributed by atoms with Crippen LogP contribution in [0.1, 0.15) is 10.4 Å². The van der Waals surface area contributed by atoms with Crippen molar-refractivity contribution in [2.75, 3.05) is 6.61 Å². The number of alkyl halides is 5. The number of aromatic carboxylic acids is 1. The molecule has 0 aliphatic carbocycles. The number of rotatable bonds is 2. The quantitative estimate of drug-likeness (QED) is 0.813. The average Bonchev–Trinajstić information content (AvgIpc) is 2.29. The van der Waals surface area contributed by atoms with Crippen LogP contribution in [0.5, 0.6) is 0 Å². The second kappa shape index (κ2) is 6.29. The summed E-state index contributed by atoms with van der Waals surface area (Å²) >= 11 is 0. The summed E-state index contributed by atoms with van der Waals surface area (Å²) in [6, 6.07) is 8.30. The minimum Gasteiger partial charge on any atom is -0.478 e. The van der Waals surface area contributed by atoms with E-state index in [2.05, 4.69) is 0 Å². The summed E-state index contributed by atoms with van der Waals surface area (Å²) in [6.07, 6.45) is -5.64. The Labute approximate surface area is 98.5 Å². The minimum absolute atomic E-state index is 0.331. The van der Waals surface area contributed by atoms with Crippen LogP contribution in [0.3, 0.4) is 0 Å². The highest BCUT2D eigenvalue weighted by Gasteiger charge is 2.56. The van der Waals surface area contributed by atoms with Gasteiger partial charge >= 0.3 is 18.1 Å². The topological polar surface area (TPSA) is 57.5 Å². The van der Waals surface area contributed by atoms with E-state index in [1.165, 1.54) is 0 Å². The second-order valence-corrected chi connectivity index (χ2v) is 3.03. The molecule has 0 saturated carbocycles. The molecule has 0 amide bonds. The molecule has 1 aromatic rings. The van der Waals surface area contributed by atoms with Gasteiger partial charge in [-0.3, -0.25) is 0 Å². The van der Waals surface area contributed by atoms with Crippen molar-refractivity contribution in [3.63, 3.8) is 0 Å². The standard InChI is InChI=1S/C7H6O2.C3H3F5O/c8-7(9)6-4-2-1-3-5-6;4-2(5,1-9)3(6,7)8/h1-5H,(H,8,9);9H,1H2. The highest BCUT2D eigenvalue weighted by molar-refractivity contribution is 5.87. The third-order valence-electron chi connectivity index (χ3n) is 1.63. The van der Waals surface area contributed by atoms with Gasteiger partial charge in [-0.25, -0.2) is 4.79 Å². The molecule has 0 spiro atoms. The van der Waals surface area contributed by atoms with E-state index in [0.29, 0.717) is 5.56 Å². The smallest absolute Gasteiger partial charge is 0.455 e. The van der Waals surface area contributed by atoms with Crippen molar-refractivity contribution >= 4 is 5.97 Å². The molecule has 1 aromatic carbocycles. The van der Waals surface area contributed by atoms with Crippen molar-refractivity contribution in [1.82, 2.24) is 0 Å². The van der Waals surface area contributed by atoms with Crippen molar-refractivity contribution in [1.29, 1.82) is 0 Å². The van der Waals surface area contributed by atoms with Crippen LogP contribution >= 0.6 is 0 Å². The zero-order valence-electron chi connectivity index (χ0n) is 8.79.